The van der Waals surface area contributed by atoms with Crippen molar-refractivity contribution in [2.75, 3.05) is 14.2 Å². The summed E-state index contributed by atoms with van der Waals surface area (Å²) in [6, 6.07) is 9.07. The summed E-state index contributed by atoms with van der Waals surface area (Å²) in [4.78, 5) is 38.1. The Morgan fingerprint density at radius 1 is 1.19 bits per heavy atom. The summed E-state index contributed by atoms with van der Waals surface area (Å²) in [5.41, 5.74) is 6.80. The Labute approximate surface area is 180 Å². The highest BCUT2D eigenvalue weighted by molar-refractivity contribution is 5.99. The zero-order valence-corrected chi connectivity index (χ0v) is 17.8. The predicted octanol–water partition coefficient (Wildman–Crippen LogP) is 1.26. The van der Waals surface area contributed by atoms with Crippen LogP contribution in [0.4, 0.5) is 0 Å². The maximum absolute atomic E-state index is 12.9. The second-order valence-electron chi connectivity index (χ2n) is 8.75. The van der Waals surface area contributed by atoms with Gasteiger partial charge in [-0.2, -0.15) is 0 Å². The number of hydrogen-bond donors (Lipinski definition) is 3. The van der Waals surface area contributed by atoms with Crippen LogP contribution in [0.15, 0.2) is 41.3 Å². The Bertz CT molecular complexity index is 1060. The van der Waals surface area contributed by atoms with Gasteiger partial charge in [-0.3, -0.25) is 14.4 Å². The van der Waals surface area contributed by atoms with Crippen molar-refractivity contribution in [3.05, 3.63) is 63.6 Å². The molecule has 1 aromatic carbocycles. The number of aromatic nitrogens is 1. The topological polar surface area (TPSA) is 115 Å². The SMILES string of the molecule is CNC(=O)c1cc(C(=O)NC2CC3(CC(N)C3)C2)cn(Cc2cccc(OC)c2)c1=O. The van der Waals surface area contributed by atoms with Gasteiger partial charge in [0.05, 0.1) is 19.2 Å². The third kappa shape index (κ3) is 4.20. The number of pyridine rings is 1. The van der Waals surface area contributed by atoms with Crippen molar-refractivity contribution in [1.29, 1.82) is 0 Å². The van der Waals surface area contributed by atoms with E-state index in [1.165, 1.54) is 23.9 Å². The predicted molar refractivity (Wildman–Crippen MR) is 116 cm³/mol. The summed E-state index contributed by atoms with van der Waals surface area (Å²) in [5.74, 6) is -0.140. The van der Waals surface area contributed by atoms with Gasteiger partial charge in [-0.25, -0.2) is 0 Å². The van der Waals surface area contributed by atoms with Crippen LogP contribution in [0, 0.1) is 5.41 Å². The Hall–Kier alpha value is -3.13. The lowest BCUT2D eigenvalue weighted by atomic mass is 9.52. The van der Waals surface area contributed by atoms with Gasteiger partial charge in [0.25, 0.3) is 17.4 Å². The lowest BCUT2D eigenvalue weighted by Gasteiger charge is -2.57. The van der Waals surface area contributed by atoms with Crippen LogP contribution in [0.2, 0.25) is 0 Å². The van der Waals surface area contributed by atoms with Gasteiger partial charge in [-0.05, 0) is 54.9 Å². The number of methoxy groups -OCH3 is 1. The normalized spacial score (nSPS) is 24.1. The molecule has 31 heavy (non-hydrogen) atoms. The van der Waals surface area contributed by atoms with Crippen LogP contribution in [0.5, 0.6) is 5.75 Å². The molecule has 1 spiro atoms. The van der Waals surface area contributed by atoms with Gasteiger partial charge in [-0.1, -0.05) is 12.1 Å². The zero-order valence-electron chi connectivity index (χ0n) is 17.8. The maximum Gasteiger partial charge on any atom is 0.263 e. The molecule has 2 saturated carbocycles. The van der Waals surface area contributed by atoms with Crippen molar-refractivity contribution in [3.8, 4) is 5.75 Å². The molecule has 1 heterocycles. The first-order valence-corrected chi connectivity index (χ1v) is 10.5. The number of benzene rings is 1. The van der Waals surface area contributed by atoms with Crippen LogP contribution in [0.1, 0.15) is 52.0 Å². The van der Waals surface area contributed by atoms with E-state index >= 15 is 0 Å². The van der Waals surface area contributed by atoms with Crippen molar-refractivity contribution in [1.82, 2.24) is 15.2 Å². The van der Waals surface area contributed by atoms with Gasteiger partial charge < -0.3 is 25.7 Å². The van der Waals surface area contributed by atoms with E-state index in [1.807, 2.05) is 24.3 Å². The molecule has 2 aromatic rings. The van der Waals surface area contributed by atoms with Crippen LogP contribution >= 0.6 is 0 Å². The molecule has 4 N–H and O–H groups in total. The molecule has 0 saturated heterocycles. The number of carbonyl (C=O) groups excluding carboxylic acids is 2. The highest BCUT2D eigenvalue weighted by atomic mass is 16.5. The van der Waals surface area contributed by atoms with E-state index in [9.17, 15) is 14.4 Å². The Balaban J connectivity index is 1.56. The minimum Gasteiger partial charge on any atom is -0.497 e. The second-order valence-corrected chi connectivity index (χ2v) is 8.75. The molecule has 0 aliphatic heterocycles. The van der Waals surface area contributed by atoms with Gasteiger partial charge in [0.15, 0.2) is 0 Å². The first kappa shape index (κ1) is 21.1. The Morgan fingerprint density at radius 3 is 2.58 bits per heavy atom. The van der Waals surface area contributed by atoms with Crippen molar-refractivity contribution >= 4 is 11.8 Å². The number of carbonyl (C=O) groups is 2. The number of ether oxygens (including phenoxy) is 1. The molecule has 0 bridgehead atoms. The van der Waals surface area contributed by atoms with Gasteiger partial charge in [0.2, 0.25) is 0 Å². The van der Waals surface area contributed by atoms with E-state index in [-0.39, 0.29) is 35.7 Å². The van der Waals surface area contributed by atoms with E-state index in [2.05, 4.69) is 10.6 Å². The fourth-order valence-electron chi connectivity index (χ4n) is 4.88. The average Bonchev–Trinajstić information content (AvgIpc) is 2.72. The van der Waals surface area contributed by atoms with Gasteiger partial charge in [-0.15, -0.1) is 0 Å². The first-order valence-electron chi connectivity index (χ1n) is 10.5. The third-order valence-electron chi connectivity index (χ3n) is 6.39. The summed E-state index contributed by atoms with van der Waals surface area (Å²) in [6.07, 6.45) is 5.41. The second kappa shape index (κ2) is 8.19. The number of amides is 2. The van der Waals surface area contributed by atoms with E-state index in [4.69, 9.17) is 10.5 Å². The Kier molecular flexibility index (Phi) is 5.58. The summed E-state index contributed by atoms with van der Waals surface area (Å²) < 4.78 is 6.63. The first-order chi connectivity index (χ1) is 14.8. The molecule has 4 rings (SSSR count). The van der Waals surface area contributed by atoms with Crippen molar-refractivity contribution in [3.63, 3.8) is 0 Å². The van der Waals surface area contributed by atoms with Crippen LogP contribution in [-0.4, -0.2) is 42.6 Å². The molecule has 0 atom stereocenters. The molecule has 8 heteroatoms. The lowest BCUT2D eigenvalue weighted by Crippen LogP contribution is -2.59. The molecule has 2 fully saturated rings. The number of hydrogen-bond acceptors (Lipinski definition) is 5. The molecule has 0 radical (unpaired) electrons. The Morgan fingerprint density at radius 2 is 1.94 bits per heavy atom. The van der Waals surface area contributed by atoms with Crippen molar-refractivity contribution < 1.29 is 14.3 Å². The minimum absolute atomic E-state index is 0.0620. The molecule has 2 amide bonds. The molecule has 164 valence electrons. The molecule has 1 aromatic heterocycles. The van der Waals surface area contributed by atoms with Crippen LogP contribution in [0.25, 0.3) is 0 Å². The molecular formula is C23H28N4O4. The van der Waals surface area contributed by atoms with Crippen LogP contribution < -0.4 is 26.7 Å². The fraction of sp³-hybridized carbons (Fsp3) is 0.435. The molecule has 0 unspecified atom stereocenters. The minimum atomic E-state index is -0.523. The number of nitrogens with zero attached hydrogens (tertiary/aromatic N) is 1. The number of rotatable bonds is 6. The molecule has 2 aliphatic carbocycles. The van der Waals surface area contributed by atoms with Crippen LogP contribution in [-0.2, 0) is 6.54 Å². The van der Waals surface area contributed by atoms with E-state index in [0.717, 1.165) is 31.2 Å². The quantitative estimate of drug-likeness (QED) is 0.646. The summed E-state index contributed by atoms with van der Waals surface area (Å²) in [6.45, 7) is 0.214. The number of nitrogens with two attached hydrogens (primary N) is 1. The average molecular weight is 425 g/mol. The van der Waals surface area contributed by atoms with Gasteiger partial charge in [0.1, 0.15) is 11.3 Å². The highest BCUT2D eigenvalue weighted by Gasteiger charge is 2.52. The molecular weight excluding hydrogens is 396 g/mol. The number of nitrogens with one attached hydrogen (secondary N) is 2. The van der Waals surface area contributed by atoms with E-state index in [0.29, 0.717) is 11.2 Å². The summed E-state index contributed by atoms with van der Waals surface area (Å²) >= 11 is 0. The van der Waals surface area contributed by atoms with E-state index in [1.54, 1.807) is 7.11 Å². The summed E-state index contributed by atoms with van der Waals surface area (Å²) in [7, 11) is 3.03. The zero-order chi connectivity index (χ0) is 22.2. The fourth-order valence-corrected chi connectivity index (χ4v) is 4.88. The van der Waals surface area contributed by atoms with Gasteiger partial charge >= 0.3 is 0 Å². The summed E-state index contributed by atoms with van der Waals surface area (Å²) in [5, 5.41) is 5.51. The van der Waals surface area contributed by atoms with Gasteiger partial charge in [0, 0.05) is 25.3 Å². The highest BCUT2D eigenvalue weighted by Crippen LogP contribution is 2.55. The van der Waals surface area contributed by atoms with Crippen LogP contribution in [0.3, 0.4) is 0 Å². The smallest absolute Gasteiger partial charge is 0.263 e. The largest absolute Gasteiger partial charge is 0.497 e. The van der Waals surface area contributed by atoms with Crippen molar-refractivity contribution in [2.45, 2.75) is 44.3 Å². The monoisotopic (exact) mass is 424 g/mol. The standard InChI is InChI=1S/C23H28N4O4/c1-25-21(29)19-7-15(20(28)26-17-10-23(11-17)8-16(24)9-23)13-27(22(19)30)12-14-4-3-5-18(6-14)31-2/h3-7,13,16-17H,8-12,24H2,1-2H3,(H,25,29)(H,26,28). The lowest BCUT2D eigenvalue weighted by molar-refractivity contribution is -0.0159. The molecule has 2 aliphatic rings. The van der Waals surface area contributed by atoms with Crippen molar-refractivity contribution in [2.24, 2.45) is 11.1 Å². The third-order valence-corrected chi connectivity index (χ3v) is 6.39. The molecule has 8 nitrogen and oxygen atoms in total. The maximum atomic E-state index is 12.9. The van der Waals surface area contributed by atoms with E-state index < -0.39 is 11.5 Å².